The Balaban J connectivity index is 1.58. The van der Waals surface area contributed by atoms with E-state index in [-0.39, 0.29) is 0 Å². The van der Waals surface area contributed by atoms with Crippen LogP contribution in [0.3, 0.4) is 0 Å². The highest BCUT2D eigenvalue weighted by Gasteiger charge is 2.29. The third-order valence-corrected chi connectivity index (χ3v) is 6.46. The highest BCUT2D eigenvalue weighted by atomic mass is 35.5. The zero-order valence-electron chi connectivity index (χ0n) is 14.2. The Labute approximate surface area is 160 Å². The van der Waals surface area contributed by atoms with Crippen molar-refractivity contribution in [1.29, 1.82) is 0 Å². The average Bonchev–Trinajstić information content (AvgIpc) is 3.22. The summed E-state index contributed by atoms with van der Waals surface area (Å²) in [6.07, 6.45) is 0.974. The summed E-state index contributed by atoms with van der Waals surface area (Å²) in [5, 5.41) is 3.13. The first-order valence-corrected chi connectivity index (χ1v) is 10.0. The Morgan fingerprint density at radius 2 is 2.15 bits per heavy atom. The van der Waals surface area contributed by atoms with Gasteiger partial charge in [0.15, 0.2) is 5.13 Å². The third kappa shape index (κ3) is 2.58. The number of halogens is 1. The maximum absolute atomic E-state index is 6.14. The van der Waals surface area contributed by atoms with Crippen LogP contribution in [0.15, 0.2) is 42.5 Å². The maximum atomic E-state index is 6.14. The van der Waals surface area contributed by atoms with Crippen molar-refractivity contribution < 1.29 is 0 Å². The van der Waals surface area contributed by atoms with Gasteiger partial charge in [0.2, 0.25) is 0 Å². The Morgan fingerprint density at radius 1 is 1.27 bits per heavy atom. The van der Waals surface area contributed by atoms with Crippen LogP contribution in [0.5, 0.6) is 0 Å². The molecule has 1 atom stereocenters. The zero-order chi connectivity index (χ0) is 17.7. The van der Waals surface area contributed by atoms with Crippen LogP contribution in [0, 0.1) is 0 Å². The van der Waals surface area contributed by atoms with E-state index in [1.807, 2.05) is 18.2 Å². The van der Waals surface area contributed by atoms with E-state index in [0.717, 1.165) is 39.9 Å². The number of nitrogens with two attached hydrogens (primary N) is 1. The van der Waals surface area contributed by atoms with E-state index in [1.165, 1.54) is 22.2 Å². The lowest BCUT2D eigenvalue weighted by Crippen LogP contribution is -2.34. The summed E-state index contributed by atoms with van der Waals surface area (Å²) in [5.74, 6) is 0.413. The number of thiazole rings is 1. The second-order valence-corrected chi connectivity index (χ2v) is 8.27. The number of aromatic amines is 1. The summed E-state index contributed by atoms with van der Waals surface area (Å²) in [7, 11) is 0. The summed E-state index contributed by atoms with van der Waals surface area (Å²) in [5.41, 5.74) is 10.9. The second kappa shape index (κ2) is 6.27. The molecule has 0 saturated heterocycles. The van der Waals surface area contributed by atoms with Crippen molar-refractivity contribution in [3.8, 4) is 0 Å². The predicted molar refractivity (Wildman–Crippen MR) is 110 cm³/mol. The van der Waals surface area contributed by atoms with Crippen LogP contribution in [0.2, 0.25) is 5.02 Å². The van der Waals surface area contributed by atoms with Crippen molar-refractivity contribution in [3.63, 3.8) is 0 Å². The SMILES string of the molecule is NCCC1CN(c2nc3ccc(Cl)cc3s2)Cc2[nH]c3ccccc3c21. The van der Waals surface area contributed by atoms with Gasteiger partial charge in [0.1, 0.15) is 0 Å². The number of para-hydroxylation sites is 1. The van der Waals surface area contributed by atoms with Gasteiger partial charge in [-0.15, -0.1) is 0 Å². The lowest BCUT2D eigenvalue weighted by Gasteiger charge is -2.32. The zero-order valence-corrected chi connectivity index (χ0v) is 15.8. The van der Waals surface area contributed by atoms with Crippen LogP contribution >= 0.6 is 22.9 Å². The van der Waals surface area contributed by atoms with Crippen molar-refractivity contribution in [3.05, 3.63) is 58.7 Å². The minimum atomic E-state index is 0.413. The van der Waals surface area contributed by atoms with Crippen molar-refractivity contribution >= 4 is 49.2 Å². The first-order valence-electron chi connectivity index (χ1n) is 8.83. The van der Waals surface area contributed by atoms with Crippen molar-refractivity contribution in [1.82, 2.24) is 9.97 Å². The first kappa shape index (κ1) is 16.1. The predicted octanol–water partition coefficient (Wildman–Crippen LogP) is 4.88. The second-order valence-electron chi connectivity index (χ2n) is 6.83. The number of anilines is 1. The molecule has 1 aliphatic rings. The van der Waals surface area contributed by atoms with Gasteiger partial charge in [-0.3, -0.25) is 0 Å². The Kier molecular flexibility index (Phi) is 3.89. The molecule has 0 amide bonds. The van der Waals surface area contributed by atoms with Gasteiger partial charge in [-0.2, -0.15) is 0 Å². The number of hydrogen-bond donors (Lipinski definition) is 2. The molecule has 0 spiro atoms. The molecule has 4 nitrogen and oxygen atoms in total. The van der Waals surface area contributed by atoms with Gasteiger partial charge >= 0.3 is 0 Å². The largest absolute Gasteiger partial charge is 0.357 e. The Bertz CT molecular complexity index is 1100. The van der Waals surface area contributed by atoms with Gasteiger partial charge < -0.3 is 15.6 Å². The lowest BCUT2D eigenvalue weighted by atomic mass is 9.89. The molecule has 0 aliphatic carbocycles. The first-order chi connectivity index (χ1) is 12.7. The number of benzene rings is 2. The van der Waals surface area contributed by atoms with Gasteiger partial charge in [0, 0.05) is 34.1 Å². The number of nitrogens with zero attached hydrogens (tertiary/aromatic N) is 2. The highest BCUT2D eigenvalue weighted by Crippen LogP contribution is 2.40. The van der Waals surface area contributed by atoms with E-state index in [4.69, 9.17) is 22.3 Å². The fraction of sp³-hybridized carbons (Fsp3) is 0.250. The normalized spacial score (nSPS) is 17.2. The van der Waals surface area contributed by atoms with E-state index < -0.39 is 0 Å². The Morgan fingerprint density at radius 3 is 3.04 bits per heavy atom. The standard InChI is InChI=1S/C20H19ClN4S/c21-13-5-6-16-18(9-13)26-20(24-16)25-10-12(7-8-22)19-14-3-1-2-4-15(14)23-17(19)11-25/h1-6,9,12,23H,7-8,10-11,22H2. The number of rotatable bonds is 3. The van der Waals surface area contributed by atoms with Crippen LogP contribution in [0.1, 0.15) is 23.6 Å². The van der Waals surface area contributed by atoms with Gasteiger partial charge in [-0.05, 0) is 42.8 Å². The summed E-state index contributed by atoms with van der Waals surface area (Å²) < 4.78 is 1.13. The highest BCUT2D eigenvalue weighted by molar-refractivity contribution is 7.22. The van der Waals surface area contributed by atoms with E-state index >= 15 is 0 Å². The Hall–Kier alpha value is -2.08. The number of nitrogens with one attached hydrogen (secondary N) is 1. The molecule has 4 aromatic rings. The molecule has 3 N–H and O–H groups in total. The van der Waals surface area contributed by atoms with Crippen molar-refractivity contribution in [2.75, 3.05) is 18.0 Å². The molecule has 1 aliphatic heterocycles. The lowest BCUT2D eigenvalue weighted by molar-refractivity contribution is 0.568. The fourth-order valence-electron chi connectivity index (χ4n) is 4.03. The van der Waals surface area contributed by atoms with E-state index in [0.29, 0.717) is 12.5 Å². The number of H-pyrrole nitrogens is 1. The summed E-state index contributed by atoms with van der Waals surface area (Å²) in [4.78, 5) is 10.8. The number of aromatic nitrogens is 2. The van der Waals surface area contributed by atoms with Crippen LogP contribution < -0.4 is 10.6 Å². The molecule has 0 bridgehead atoms. The summed E-state index contributed by atoms with van der Waals surface area (Å²) >= 11 is 7.84. The maximum Gasteiger partial charge on any atom is 0.186 e. The molecule has 2 aromatic heterocycles. The molecule has 6 heteroatoms. The number of hydrogen-bond acceptors (Lipinski definition) is 4. The summed E-state index contributed by atoms with van der Waals surface area (Å²) in [6.45, 7) is 2.48. The molecule has 0 radical (unpaired) electrons. The van der Waals surface area contributed by atoms with Crippen LogP contribution in [-0.4, -0.2) is 23.1 Å². The summed E-state index contributed by atoms with van der Waals surface area (Å²) in [6, 6.07) is 14.4. The average molecular weight is 383 g/mol. The van der Waals surface area contributed by atoms with Gasteiger partial charge in [-0.25, -0.2) is 4.98 Å². The quantitative estimate of drug-likeness (QED) is 0.530. The van der Waals surface area contributed by atoms with E-state index in [1.54, 1.807) is 11.3 Å². The fourth-order valence-corrected chi connectivity index (χ4v) is 5.28. The van der Waals surface area contributed by atoms with Crippen LogP contribution in [0.25, 0.3) is 21.1 Å². The smallest absolute Gasteiger partial charge is 0.186 e. The van der Waals surface area contributed by atoms with Crippen LogP contribution in [0.4, 0.5) is 5.13 Å². The molecule has 5 rings (SSSR count). The number of fused-ring (bicyclic) bond motifs is 4. The molecular weight excluding hydrogens is 364 g/mol. The van der Waals surface area contributed by atoms with E-state index in [2.05, 4.69) is 34.1 Å². The molecule has 26 heavy (non-hydrogen) atoms. The van der Waals surface area contributed by atoms with Crippen molar-refractivity contribution in [2.24, 2.45) is 5.73 Å². The van der Waals surface area contributed by atoms with Gasteiger partial charge in [-0.1, -0.05) is 41.1 Å². The molecule has 2 aromatic carbocycles. The minimum absolute atomic E-state index is 0.413. The molecule has 0 saturated carbocycles. The molecular formula is C20H19ClN4S. The molecule has 3 heterocycles. The van der Waals surface area contributed by atoms with E-state index in [9.17, 15) is 0 Å². The topological polar surface area (TPSA) is 57.9 Å². The minimum Gasteiger partial charge on any atom is -0.357 e. The van der Waals surface area contributed by atoms with Gasteiger partial charge in [0.25, 0.3) is 0 Å². The third-order valence-electron chi connectivity index (χ3n) is 5.15. The molecule has 1 unspecified atom stereocenters. The van der Waals surface area contributed by atoms with Crippen molar-refractivity contribution in [2.45, 2.75) is 18.9 Å². The van der Waals surface area contributed by atoms with Gasteiger partial charge in [0.05, 0.1) is 16.8 Å². The molecule has 132 valence electrons. The monoisotopic (exact) mass is 382 g/mol. The van der Waals surface area contributed by atoms with Crippen LogP contribution in [-0.2, 0) is 6.54 Å². The molecule has 0 fully saturated rings.